The number of nitrogens with zero attached hydrogens (tertiary/aromatic N) is 2. The Balaban J connectivity index is 1.44. The number of fused-ring (bicyclic) bond motifs is 2. The molecule has 0 saturated carbocycles. The highest BCUT2D eigenvalue weighted by Gasteiger charge is 2.64. The standard InChI is InChI=1S/C28H27FN4O6S/c1-4-32-13-17(21(34)16-12-15(29)10-11-18(16)32)23(35)30-19(14-8-6-5-7-9-14)24(36)31-20-25(37)33-22(27(38)39)28(2,3)40-26(20)33/h5-13,19-20,22,26H,4H2,1-3H3,(H,30,35)(H,31,36)(H,38,39)/t19?,20?,22-,26+/m0/s1. The van der Waals surface area contributed by atoms with Crippen LogP contribution >= 0.6 is 11.8 Å². The van der Waals surface area contributed by atoms with Crippen LogP contribution in [0.15, 0.2) is 59.5 Å². The Labute approximate surface area is 232 Å². The van der Waals surface area contributed by atoms with Gasteiger partial charge in [-0.25, -0.2) is 9.18 Å². The number of benzene rings is 2. The number of carboxylic acid groups (broad SMARTS) is 1. The summed E-state index contributed by atoms with van der Waals surface area (Å²) >= 11 is 1.28. The van der Waals surface area contributed by atoms with Gasteiger partial charge in [-0.3, -0.25) is 19.2 Å². The molecule has 208 valence electrons. The van der Waals surface area contributed by atoms with Gasteiger partial charge in [0.1, 0.15) is 34.9 Å². The largest absolute Gasteiger partial charge is 0.480 e. The molecule has 3 aromatic rings. The minimum absolute atomic E-state index is 0.0317. The summed E-state index contributed by atoms with van der Waals surface area (Å²) in [5, 5.41) is 14.4. The average Bonchev–Trinajstić information content (AvgIpc) is 3.18. The number of carbonyl (C=O) groups is 4. The van der Waals surface area contributed by atoms with Crippen molar-refractivity contribution in [3.63, 3.8) is 0 Å². The summed E-state index contributed by atoms with van der Waals surface area (Å²) in [5.41, 5.74) is -0.0787. The van der Waals surface area contributed by atoms with E-state index < -0.39 is 63.2 Å². The molecule has 0 bridgehead atoms. The normalized spacial score (nSPS) is 21.9. The number of halogens is 1. The Morgan fingerprint density at radius 2 is 1.82 bits per heavy atom. The topological polar surface area (TPSA) is 138 Å². The second-order valence-electron chi connectivity index (χ2n) is 10.2. The van der Waals surface area contributed by atoms with Gasteiger partial charge in [0.25, 0.3) is 5.91 Å². The van der Waals surface area contributed by atoms with Crippen LogP contribution in [0.25, 0.3) is 10.9 Å². The number of hydrogen-bond acceptors (Lipinski definition) is 6. The molecule has 4 atom stereocenters. The van der Waals surface area contributed by atoms with Crippen molar-refractivity contribution in [3.8, 4) is 0 Å². The van der Waals surface area contributed by atoms with Crippen molar-refractivity contribution in [2.75, 3.05) is 0 Å². The van der Waals surface area contributed by atoms with Crippen molar-refractivity contribution < 1.29 is 28.7 Å². The molecule has 2 aliphatic heterocycles. The first-order valence-electron chi connectivity index (χ1n) is 12.7. The van der Waals surface area contributed by atoms with Gasteiger partial charge in [-0.2, -0.15) is 0 Å². The fraction of sp³-hybridized carbons (Fsp3) is 0.321. The Hall–Kier alpha value is -4.19. The summed E-state index contributed by atoms with van der Waals surface area (Å²) in [7, 11) is 0. The van der Waals surface area contributed by atoms with Crippen LogP contribution in [0.2, 0.25) is 0 Å². The van der Waals surface area contributed by atoms with Crippen LogP contribution in [-0.4, -0.2) is 60.5 Å². The Bertz CT molecular complexity index is 1610. The SMILES string of the molecule is CCn1cc(C(=O)NC(C(=O)NC2C(=O)N3[C@@H]2SC(C)(C)[C@@H]3C(=O)O)c2ccccc2)c(=O)c2cc(F)ccc21. The first-order chi connectivity index (χ1) is 18.9. The third-order valence-electron chi connectivity index (χ3n) is 7.27. The van der Waals surface area contributed by atoms with E-state index in [0.29, 0.717) is 17.6 Å². The summed E-state index contributed by atoms with van der Waals surface area (Å²) in [6, 6.07) is 8.79. The number of pyridine rings is 1. The summed E-state index contributed by atoms with van der Waals surface area (Å²) in [4.78, 5) is 66.1. The van der Waals surface area contributed by atoms with Crippen LogP contribution in [0.1, 0.15) is 42.7 Å². The maximum Gasteiger partial charge on any atom is 0.327 e. The highest BCUT2D eigenvalue weighted by Crippen LogP contribution is 2.50. The molecule has 0 aliphatic carbocycles. The van der Waals surface area contributed by atoms with Gasteiger partial charge in [-0.1, -0.05) is 30.3 Å². The van der Waals surface area contributed by atoms with Gasteiger partial charge in [-0.15, -0.1) is 11.8 Å². The number of β-lactam (4-membered cyclic amide) rings is 1. The molecule has 2 saturated heterocycles. The van der Waals surface area contributed by atoms with Gasteiger partial charge in [-0.05, 0) is 44.5 Å². The van der Waals surface area contributed by atoms with Crippen molar-refractivity contribution in [1.82, 2.24) is 20.1 Å². The van der Waals surface area contributed by atoms with Crippen LogP contribution in [0.5, 0.6) is 0 Å². The minimum atomic E-state index is -1.28. The molecule has 1 aromatic heterocycles. The number of carbonyl (C=O) groups excluding carboxylic acids is 3. The first-order valence-corrected chi connectivity index (χ1v) is 13.5. The zero-order chi connectivity index (χ0) is 28.9. The molecule has 0 spiro atoms. The van der Waals surface area contributed by atoms with Crippen LogP contribution in [0, 0.1) is 5.82 Å². The molecule has 2 aromatic carbocycles. The van der Waals surface area contributed by atoms with Crippen LogP contribution in [0.3, 0.4) is 0 Å². The second kappa shape index (κ2) is 10.1. The molecule has 3 heterocycles. The van der Waals surface area contributed by atoms with E-state index in [1.807, 2.05) is 6.92 Å². The van der Waals surface area contributed by atoms with E-state index in [-0.39, 0.29) is 10.9 Å². The van der Waals surface area contributed by atoms with Crippen LogP contribution in [-0.2, 0) is 20.9 Å². The number of aromatic nitrogens is 1. The number of nitrogens with one attached hydrogen (secondary N) is 2. The van der Waals surface area contributed by atoms with Crippen molar-refractivity contribution in [2.24, 2.45) is 0 Å². The predicted molar refractivity (Wildman–Crippen MR) is 146 cm³/mol. The zero-order valence-electron chi connectivity index (χ0n) is 21.9. The van der Waals surface area contributed by atoms with Crippen molar-refractivity contribution in [1.29, 1.82) is 0 Å². The number of carboxylic acids is 1. The molecule has 0 radical (unpaired) electrons. The highest BCUT2D eigenvalue weighted by atomic mass is 32.2. The van der Waals surface area contributed by atoms with Crippen molar-refractivity contribution in [3.05, 3.63) is 81.9 Å². The molecule has 40 heavy (non-hydrogen) atoms. The summed E-state index contributed by atoms with van der Waals surface area (Å²) in [6.07, 6.45) is 1.37. The van der Waals surface area contributed by atoms with E-state index in [1.54, 1.807) is 48.7 Å². The third kappa shape index (κ3) is 4.51. The number of aryl methyl sites for hydroxylation is 1. The molecular weight excluding hydrogens is 539 g/mol. The summed E-state index contributed by atoms with van der Waals surface area (Å²) in [6.45, 7) is 5.67. The van der Waals surface area contributed by atoms with E-state index in [2.05, 4.69) is 10.6 Å². The molecular formula is C28H27FN4O6S. The van der Waals surface area contributed by atoms with Crippen LogP contribution in [0.4, 0.5) is 4.39 Å². The molecule has 2 aliphatic rings. The quantitative estimate of drug-likeness (QED) is 0.373. The van der Waals surface area contributed by atoms with E-state index >= 15 is 0 Å². The van der Waals surface area contributed by atoms with Gasteiger partial charge in [0.15, 0.2) is 0 Å². The molecule has 5 rings (SSSR count). The fourth-order valence-corrected chi connectivity index (χ4v) is 6.96. The summed E-state index contributed by atoms with van der Waals surface area (Å²) in [5.74, 6) is -3.81. The number of aliphatic carboxylic acids is 1. The predicted octanol–water partition coefficient (Wildman–Crippen LogP) is 2.26. The molecule has 12 heteroatoms. The van der Waals surface area contributed by atoms with Crippen molar-refractivity contribution >= 4 is 46.4 Å². The smallest absolute Gasteiger partial charge is 0.327 e. The van der Waals surface area contributed by atoms with Crippen molar-refractivity contribution in [2.45, 2.75) is 55.6 Å². The highest BCUT2D eigenvalue weighted by molar-refractivity contribution is 8.01. The lowest BCUT2D eigenvalue weighted by molar-refractivity contribution is -0.161. The monoisotopic (exact) mass is 566 g/mol. The maximum atomic E-state index is 14.0. The molecule has 2 unspecified atom stereocenters. The van der Waals surface area contributed by atoms with Gasteiger partial charge in [0.2, 0.25) is 17.2 Å². The van der Waals surface area contributed by atoms with Gasteiger partial charge in [0.05, 0.1) is 5.52 Å². The lowest BCUT2D eigenvalue weighted by Gasteiger charge is -2.44. The van der Waals surface area contributed by atoms with Gasteiger partial charge in [0, 0.05) is 22.9 Å². The number of hydrogen-bond donors (Lipinski definition) is 3. The van der Waals surface area contributed by atoms with E-state index in [4.69, 9.17) is 0 Å². The van der Waals surface area contributed by atoms with Gasteiger partial charge < -0.3 is 25.2 Å². The molecule has 3 amide bonds. The average molecular weight is 567 g/mol. The molecule has 3 N–H and O–H groups in total. The zero-order valence-corrected chi connectivity index (χ0v) is 22.7. The lowest BCUT2D eigenvalue weighted by atomic mass is 9.95. The Morgan fingerprint density at radius 1 is 1.12 bits per heavy atom. The lowest BCUT2D eigenvalue weighted by Crippen LogP contribution is -2.71. The number of thioether (sulfide) groups is 1. The third-order valence-corrected chi connectivity index (χ3v) is 8.84. The maximum absolute atomic E-state index is 14.0. The fourth-order valence-electron chi connectivity index (χ4n) is 5.33. The number of rotatable bonds is 7. The van der Waals surface area contributed by atoms with E-state index in [0.717, 1.165) is 6.07 Å². The minimum Gasteiger partial charge on any atom is -0.480 e. The summed E-state index contributed by atoms with van der Waals surface area (Å²) < 4.78 is 14.8. The Morgan fingerprint density at radius 3 is 2.48 bits per heavy atom. The van der Waals surface area contributed by atoms with E-state index in [9.17, 15) is 33.5 Å². The number of amides is 3. The molecule has 2 fully saturated rings. The first kappa shape index (κ1) is 27.4. The Kier molecular flexibility index (Phi) is 6.90. The van der Waals surface area contributed by atoms with Crippen LogP contribution < -0.4 is 16.1 Å². The second-order valence-corrected chi connectivity index (χ2v) is 12.0. The molecule has 10 nitrogen and oxygen atoms in total. The van der Waals surface area contributed by atoms with E-state index in [1.165, 1.54) is 35.0 Å². The van der Waals surface area contributed by atoms with Gasteiger partial charge >= 0.3 is 5.97 Å².